The Morgan fingerprint density at radius 3 is 2.88 bits per heavy atom. The molecule has 17 heavy (non-hydrogen) atoms. The van der Waals surface area contributed by atoms with Crippen molar-refractivity contribution in [3.8, 4) is 0 Å². The molecule has 92 valence electrons. The van der Waals surface area contributed by atoms with Crippen molar-refractivity contribution in [2.75, 3.05) is 5.88 Å². The van der Waals surface area contributed by atoms with Gasteiger partial charge in [-0.25, -0.2) is 4.98 Å². The Morgan fingerprint density at radius 1 is 1.35 bits per heavy atom. The summed E-state index contributed by atoms with van der Waals surface area (Å²) in [5.74, 6) is 1.88. The topological polar surface area (TPSA) is 17.8 Å². The predicted molar refractivity (Wildman–Crippen MR) is 73.8 cm³/mol. The van der Waals surface area contributed by atoms with Gasteiger partial charge in [-0.05, 0) is 37.5 Å². The van der Waals surface area contributed by atoms with E-state index in [2.05, 4.69) is 36.6 Å². The van der Waals surface area contributed by atoms with Gasteiger partial charge in [-0.2, -0.15) is 0 Å². The van der Waals surface area contributed by atoms with E-state index in [9.17, 15) is 0 Å². The summed E-state index contributed by atoms with van der Waals surface area (Å²) in [4.78, 5) is 4.73. The van der Waals surface area contributed by atoms with Gasteiger partial charge in [0.1, 0.15) is 5.82 Å². The molecule has 0 aliphatic carbocycles. The molecule has 0 spiro atoms. The van der Waals surface area contributed by atoms with E-state index in [1.54, 1.807) is 0 Å². The summed E-state index contributed by atoms with van der Waals surface area (Å²) in [6.07, 6.45) is 3.10. The van der Waals surface area contributed by atoms with Gasteiger partial charge in [0.2, 0.25) is 0 Å². The molecule has 0 saturated heterocycles. The standard InChI is InChI=1S/C14H19ClN2/c1-3-9-17-13-7-6-11(2)10-12(13)16-14(17)5-4-8-15/h6-7,10H,3-5,8-9H2,1-2H3. The molecule has 1 heterocycles. The number of fused-ring (bicyclic) bond motifs is 1. The monoisotopic (exact) mass is 250 g/mol. The van der Waals surface area contributed by atoms with Crippen LogP contribution in [-0.4, -0.2) is 15.4 Å². The molecule has 0 amide bonds. The molecule has 0 N–H and O–H groups in total. The summed E-state index contributed by atoms with van der Waals surface area (Å²) >= 11 is 5.77. The highest BCUT2D eigenvalue weighted by molar-refractivity contribution is 6.17. The van der Waals surface area contributed by atoms with Gasteiger partial charge in [-0.15, -0.1) is 11.6 Å². The summed E-state index contributed by atoms with van der Waals surface area (Å²) in [6, 6.07) is 6.49. The average molecular weight is 251 g/mol. The highest BCUT2D eigenvalue weighted by Gasteiger charge is 2.09. The number of aryl methyl sites for hydroxylation is 3. The number of hydrogen-bond acceptors (Lipinski definition) is 1. The van der Waals surface area contributed by atoms with Crippen molar-refractivity contribution in [3.05, 3.63) is 29.6 Å². The van der Waals surface area contributed by atoms with Crippen molar-refractivity contribution in [2.45, 2.75) is 39.7 Å². The van der Waals surface area contributed by atoms with Crippen LogP contribution in [0.1, 0.15) is 31.2 Å². The third kappa shape index (κ3) is 2.63. The normalized spacial score (nSPS) is 11.2. The Bertz CT molecular complexity index is 502. The van der Waals surface area contributed by atoms with Crippen LogP contribution in [0.15, 0.2) is 18.2 Å². The molecule has 0 aliphatic rings. The Balaban J connectivity index is 2.45. The Labute approximate surface area is 108 Å². The molecule has 0 unspecified atom stereocenters. The fraction of sp³-hybridized carbons (Fsp3) is 0.500. The summed E-state index contributed by atoms with van der Waals surface area (Å²) < 4.78 is 2.33. The van der Waals surface area contributed by atoms with Gasteiger partial charge in [-0.1, -0.05) is 13.0 Å². The van der Waals surface area contributed by atoms with Crippen molar-refractivity contribution < 1.29 is 0 Å². The number of hydrogen-bond donors (Lipinski definition) is 0. The number of aromatic nitrogens is 2. The number of halogens is 1. The molecule has 2 rings (SSSR count). The number of alkyl halides is 1. The van der Waals surface area contributed by atoms with E-state index in [-0.39, 0.29) is 0 Å². The molecule has 2 nitrogen and oxygen atoms in total. The first kappa shape index (κ1) is 12.4. The van der Waals surface area contributed by atoms with E-state index >= 15 is 0 Å². The van der Waals surface area contributed by atoms with E-state index < -0.39 is 0 Å². The lowest BCUT2D eigenvalue weighted by Crippen LogP contribution is -2.03. The number of benzene rings is 1. The van der Waals surface area contributed by atoms with Crippen molar-refractivity contribution >= 4 is 22.6 Å². The van der Waals surface area contributed by atoms with E-state index in [1.807, 2.05) is 0 Å². The van der Waals surface area contributed by atoms with Crippen molar-refractivity contribution in [3.63, 3.8) is 0 Å². The first-order valence-electron chi connectivity index (χ1n) is 6.28. The number of nitrogens with zero attached hydrogens (tertiary/aromatic N) is 2. The maximum absolute atomic E-state index is 5.77. The van der Waals surface area contributed by atoms with Crippen LogP contribution in [0.25, 0.3) is 11.0 Å². The van der Waals surface area contributed by atoms with Gasteiger partial charge in [0.25, 0.3) is 0 Å². The fourth-order valence-electron chi connectivity index (χ4n) is 2.18. The lowest BCUT2D eigenvalue weighted by atomic mass is 10.2. The second-order valence-electron chi connectivity index (χ2n) is 4.46. The number of imidazole rings is 1. The van der Waals surface area contributed by atoms with Crippen LogP contribution in [-0.2, 0) is 13.0 Å². The second kappa shape index (κ2) is 5.54. The van der Waals surface area contributed by atoms with E-state index in [0.29, 0.717) is 5.88 Å². The van der Waals surface area contributed by atoms with E-state index in [0.717, 1.165) is 31.3 Å². The maximum atomic E-state index is 5.77. The van der Waals surface area contributed by atoms with Crippen LogP contribution < -0.4 is 0 Å². The SMILES string of the molecule is CCCn1c(CCCCl)nc2cc(C)ccc21. The lowest BCUT2D eigenvalue weighted by Gasteiger charge is -2.06. The van der Waals surface area contributed by atoms with E-state index in [1.165, 1.54) is 16.9 Å². The van der Waals surface area contributed by atoms with Crippen LogP contribution in [0.5, 0.6) is 0 Å². The molecule has 0 aliphatic heterocycles. The molecule has 1 aromatic carbocycles. The third-order valence-corrected chi connectivity index (χ3v) is 3.23. The lowest BCUT2D eigenvalue weighted by molar-refractivity contribution is 0.647. The summed E-state index contributed by atoms with van der Waals surface area (Å²) in [6.45, 7) is 5.35. The van der Waals surface area contributed by atoms with Crippen LogP contribution in [0, 0.1) is 6.92 Å². The highest BCUT2D eigenvalue weighted by atomic mass is 35.5. The zero-order chi connectivity index (χ0) is 12.3. The average Bonchev–Trinajstić information content (AvgIpc) is 2.64. The smallest absolute Gasteiger partial charge is 0.109 e. The second-order valence-corrected chi connectivity index (χ2v) is 4.84. The Kier molecular flexibility index (Phi) is 4.06. The Morgan fingerprint density at radius 2 is 2.18 bits per heavy atom. The van der Waals surface area contributed by atoms with Gasteiger partial charge in [0, 0.05) is 18.8 Å². The minimum atomic E-state index is 0.703. The summed E-state index contributed by atoms with van der Waals surface area (Å²) in [5, 5.41) is 0. The van der Waals surface area contributed by atoms with Crippen LogP contribution in [0.4, 0.5) is 0 Å². The molecule has 0 saturated carbocycles. The first-order chi connectivity index (χ1) is 8.26. The Hall–Kier alpha value is -1.02. The predicted octanol–water partition coefficient (Wildman–Crippen LogP) is 3.93. The third-order valence-electron chi connectivity index (χ3n) is 2.96. The molecule has 0 fully saturated rings. The van der Waals surface area contributed by atoms with Crippen molar-refractivity contribution in [1.29, 1.82) is 0 Å². The minimum Gasteiger partial charge on any atom is -0.328 e. The zero-order valence-corrected chi connectivity index (χ0v) is 11.3. The molecule has 2 aromatic rings. The highest BCUT2D eigenvalue weighted by Crippen LogP contribution is 2.19. The molecular weight excluding hydrogens is 232 g/mol. The van der Waals surface area contributed by atoms with Gasteiger partial charge < -0.3 is 4.57 Å². The van der Waals surface area contributed by atoms with Crippen LogP contribution >= 0.6 is 11.6 Å². The molecular formula is C14H19ClN2. The molecule has 1 aromatic heterocycles. The molecule has 0 atom stereocenters. The fourth-order valence-corrected chi connectivity index (χ4v) is 2.31. The van der Waals surface area contributed by atoms with Crippen molar-refractivity contribution in [1.82, 2.24) is 9.55 Å². The molecule has 0 bridgehead atoms. The first-order valence-corrected chi connectivity index (χ1v) is 6.81. The molecule has 0 radical (unpaired) electrons. The van der Waals surface area contributed by atoms with E-state index in [4.69, 9.17) is 16.6 Å². The quantitative estimate of drug-likeness (QED) is 0.736. The summed E-state index contributed by atoms with van der Waals surface area (Å²) in [5.41, 5.74) is 3.63. The largest absolute Gasteiger partial charge is 0.328 e. The van der Waals surface area contributed by atoms with Crippen molar-refractivity contribution in [2.24, 2.45) is 0 Å². The summed E-state index contributed by atoms with van der Waals surface area (Å²) in [7, 11) is 0. The molecule has 3 heteroatoms. The van der Waals surface area contributed by atoms with Gasteiger partial charge >= 0.3 is 0 Å². The van der Waals surface area contributed by atoms with Crippen LogP contribution in [0.2, 0.25) is 0 Å². The van der Waals surface area contributed by atoms with Gasteiger partial charge in [0.05, 0.1) is 11.0 Å². The van der Waals surface area contributed by atoms with Gasteiger partial charge in [-0.3, -0.25) is 0 Å². The number of rotatable bonds is 5. The maximum Gasteiger partial charge on any atom is 0.109 e. The van der Waals surface area contributed by atoms with Gasteiger partial charge in [0.15, 0.2) is 0 Å². The zero-order valence-electron chi connectivity index (χ0n) is 10.5. The van der Waals surface area contributed by atoms with Crippen LogP contribution in [0.3, 0.4) is 0 Å². The minimum absolute atomic E-state index is 0.703.